The van der Waals surface area contributed by atoms with Crippen LogP contribution in [-0.2, 0) is 29.3 Å². The Morgan fingerprint density at radius 2 is 0.855 bits per heavy atom. The predicted octanol–water partition coefficient (Wildman–Crippen LogP) is 12.9. The quantitative estimate of drug-likeness (QED) is 0.156. The molecule has 332 valence electrons. The fourth-order valence-electron chi connectivity index (χ4n) is 8.66. The van der Waals surface area contributed by atoms with E-state index < -0.39 is 41.0 Å². The number of sulfone groups is 2. The lowest BCUT2D eigenvalue weighted by Crippen LogP contribution is -2.37. The van der Waals surface area contributed by atoms with Crippen molar-refractivity contribution in [2.45, 2.75) is 142 Å². The molecule has 0 bridgehead atoms. The van der Waals surface area contributed by atoms with Crippen LogP contribution in [0, 0.1) is 24.7 Å². The zero-order valence-corrected chi connectivity index (χ0v) is 40.7. The fraction of sp³-hybridized carbons (Fsp3) is 0.407. The van der Waals surface area contributed by atoms with Crippen LogP contribution in [0.1, 0.15) is 119 Å². The topological polar surface area (TPSA) is 102 Å². The third-order valence-electron chi connectivity index (χ3n) is 12.5. The largest absolute Gasteiger partial charge is 0.295 e. The molecule has 0 aliphatic heterocycles. The lowest BCUT2D eigenvalue weighted by molar-refractivity contribution is -0.117. The minimum atomic E-state index is -3.79. The zero-order valence-electron chi connectivity index (χ0n) is 39.1. The van der Waals surface area contributed by atoms with Crippen molar-refractivity contribution in [1.82, 2.24) is 0 Å². The number of hydrogen-bond acceptors (Lipinski definition) is 6. The minimum absolute atomic E-state index is 0.0206. The molecule has 0 N–H and O–H groups in total. The molecule has 0 radical (unpaired) electrons. The van der Waals surface area contributed by atoms with Gasteiger partial charge in [0, 0.05) is 12.8 Å². The van der Waals surface area contributed by atoms with Crippen LogP contribution in [0.5, 0.6) is 0 Å². The van der Waals surface area contributed by atoms with Crippen molar-refractivity contribution in [1.29, 1.82) is 0 Å². The summed E-state index contributed by atoms with van der Waals surface area (Å²) in [7, 11) is -7.58. The molecule has 0 saturated heterocycles. The Kier molecular flexibility index (Phi) is 16.7. The number of rotatable bonds is 16. The van der Waals surface area contributed by atoms with Gasteiger partial charge in [-0.05, 0) is 138 Å². The first kappa shape index (κ1) is 50.0. The van der Waals surface area contributed by atoms with E-state index in [-0.39, 0.29) is 34.2 Å². The Hall–Kier alpha value is -4.66. The third-order valence-corrected chi connectivity index (χ3v) is 16.6. The van der Waals surface area contributed by atoms with Crippen LogP contribution in [0.25, 0.3) is 0 Å². The molecule has 4 rings (SSSR count). The van der Waals surface area contributed by atoms with Gasteiger partial charge in [0.2, 0.25) is 0 Å². The van der Waals surface area contributed by atoms with Crippen molar-refractivity contribution in [2.24, 2.45) is 10.8 Å². The lowest BCUT2D eigenvalue weighted by atomic mass is 9.70. The van der Waals surface area contributed by atoms with Gasteiger partial charge in [-0.15, -0.1) is 0 Å². The molecule has 2 unspecified atom stereocenters. The summed E-state index contributed by atoms with van der Waals surface area (Å²) in [6, 6.07) is 13.9. The second-order valence-corrected chi connectivity index (χ2v) is 23.0. The van der Waals surface area contributed by atoms with Crippen LogP contribution in [0.4, 0.5) is 0 Å². The zero-order chi connectivity index (χ0) is 46.2. The Labute approximate surface area is 373 Å². The molecule has 2 aromatic rings. The van der Waals surface area contributed by atoms with Crippen molar-refractivity contribution >= 4 is 31.2 Å². The molecule has 0 fully saturated rings. The van der Waals surface area contributed by atoms with Gasteiger partial charge in [-0.3, -0.25) is 9.59 Å². The summed E-state index contributed by atoms with van der Waals surface area (Å²) in [6.45, 7) is 23.5. The summed E-state index contributed by atoms with van der Waals surface area (Å²) in [5.41, 5.74) is 7.52. The molecule has 2 aromatic carbocycles. The van der Waals surface area contributed by atoms with Crippen molar-refractivity contribution in [3.05, 3.63) is 165 Å². The van der Waals surface area contributed by atoms with Gasteiger partial charge in [0.05, 0.1) is 20.3 Å². The van der Waals surface area contributed by atoms with E-state index in [4.69, 9.17) is 0 Å². The fourth-order valence-corrected chi connectivity index (χ4v) is 12.9. The standard InChI is InChI=1S/C54H68O6S2/c1-37(19-15-21-41(5)35-49(51-43(7)47(55)31-33-53(51,9)10)61(57,58)45-27-23-39(3)24-28-45)17-13-14-18-38(2)20-16-22-42(6)36-50(52-44(8)48(56)32-34-54(52,11)12)62(59,60)46-29-25-40(4)26-30-46/h13-30,49-50H,31-36H2,1-12H3/b14-13+,19-15?,20-16?,37-17+,38-18+,41-21?,42-22?. The Bertz CT molecular complexity index is 2350. The number of allylic oxidation sites excluding steroid dienone is 16. The highest BCUT2D eigenvalue weighted by Gasteiger charge is 2.44. The number of ketones is 2. The molecule has 2 atom stereocenters. The maximum atomic E-state index is 14.2. The SMILES string of the molecule is CC(=CC=C/C(C)=C/C=C/C=C(\C)C=CC=C(C)CC(C1=C(C)C(=O)CCC1(C)C)S(=O)(=O)c1ccc(C)cc1)CC(C1=C(C)C(=O)CCC1(C)C)S(=O)(=O)c1ccc(C)cc1. The smallest absolute Gasteiger partial charge is 0.185 e. The van der Waals surface area contributed by atoms with Gasteiger partial charge in [0.15, 0.2) is 31.2 Å². The molecule has 8 heteroatoms. The average molecular weight is 877 g/mol. The van der Waals surface area contributed by atoms with E-state index in [1.807, 2.05) is 154 Å². The Morgan fingerprint density at radius 3 is 1.18 bits per heavy atom. The lowest BCUT2D eigenvalue weighted by Gasteiger charge is -2.38. The van der Waals surface area contributed by atoms with E-state index in [0.29, 0.717) is 36.8 Å². The van der Waals surface area contributed by atoms with Gasteiger partial charge in [0.1, 0.15) is 0 Å². The molecule has 0 saturated carbocycles. The molecule has 0 heterocycles. The highest BCUT2D eigenvalue weighted by molar-refractivity contribution is 7.92. The summed E-state index contributed by atoms with van der Waals surface area (Å²) < 4.78 is 57.0. The molecule has 0 spiro atoms. The number of Topliss-reactive ketones (excluding diaryl/α,β-unsaturated/α-hetero) is 2. The van der Waals surface area contributed by atoms with Crippen molar-refractivity contribution < 1.29 is 26.4 Å². The molecular weight excluding hydrogens is 809 g/mol. The summed E-state index contributed by atoms with van der Waals surface area (Å²) >= 11 is 0. The average Bonchev–Trinajstić information content (AvgIpc) is 3.19. The monoisotopic (exact) mass is 876 g/mol. The number of hydrogen-bond donors (Lipinski definition) is 0. The van der Waals surface area contributed by atoms with Crippen molar-refractivity contribution in [2.75, 3.05) is 0 Å². The van der Waals surface area contributed by atoms with Crippen LogP contribution < -0.4 is 0 Å². The molecule has 0 aromatic heterocycles. The van der Waals surface area contributed by atoms with Crippen LogP contribution >= 0.6 is 0 Å². The first-order chi connectivity index (χ1) is 28.9. The van der Waals surface area contributed by atoms with Crippen molar-refractivity contribution in [3.8, 4) is 0 Å². The Morgan fingerprint density at radius 1 is 0.532 bits per heavy atom. The second-order valence-electron chi connectivity index (χ2n) is 18.7. The van der Waals surface area contributed by atoms with Gasteiger partial charge in [-0.2, -0.15) is 0 Å². The summed E-state index contributed by atoms with van der Waals surface area (Å²) in [5.74, 6) is 0.0412. The van der Waals surface area contributed by atoms with E-state index in [1.165, 1.54) is 0 Å². The van der Waals surface area contributed by atoms with E-state index in [0.717, 1.165) is 44.6 Å². The maximum absolute atomic E-state index is 14.2. The van der Waals surface area contributed by atoms with Crippen LogP contribution in [0.2, 0.25) is 0 Å². The maximum Gasteiger partial charge on any atom is 0.185 e. The molecule has 2 aliphatic carbocycles. The number of carbonyl (C=O) groups excluding carboxylic acids is 2. The summed E-state index contributed by atoms with van der Waals surface area (Å²) in [4.78, 5) is 26.4. The van der Waals surface area contributed by atoms with Crippen LogP contribution in [-0.4, -0.2) is 38.9 Å². The predicted molar refractivity (Wildman–Crippen MR) is 257 cm³/mol. The molecule has 0 amide bonds. The molecular formula is C54H68O6S2. The molecule has 62 heavy (non-hydrogen) atoms. The van der Waals surface area contributed by atoms with E-state index in [9.17, 15) is 26.4 Å². The van der Waals surface area contributed by atoms with Gasteiger partial charge >= 0.3 is 0 Å². The third kappa shape index (κ3) is 12.5. The Balaban J connectivity index is 1.47. The highest BCUT2D eigenvalue weighted by atomic mass is 32.2. The highest BCUT2D eigenvalue weighted by Crippen LogP contribution is 2.46. The first-order valence-electron chi connectivity index (χ1n) is 21.7. The number of benzene rings is 2. The van der Waals surface area contributed by atoms with E-state index in [1.54, 1.807) is 38.1 Å². The normalized spacial score (nSPS) is 19.7. The number of aryl methyl sites for hydroxylation is 2. The van der Waals surface area contributed by atoms with Gasteiger partial charge in [-0.25, -0.2) is 16.8 Å². The second kappa shape index (κ2) is 20.7. The minimum Gasteiger partial charge on any atom is -0.295 e. The first-order valence-corrected chi connectivity index (χ1v) is 24.8. The van der Waals surface area contributed by atoms with Crippen molar-refractivity contribution in [3.63, 3.8) is 0 Å². The van der Waals surface area contributed by atoms with E-state index in [2.05, 4.69) is 0 Å². The van der Waals surface area contributed by atoms with Crippen LogP contribution in [0.3, 0.4) is 0 Å². The summed E-state index contributed by atoms with van der Waals surface area (Å²) in [5, 5.41) is -1.70. The summed E-state index contributed by atoms with van der Waals surface area (Å²) in [6.07, 6.45) is 22.3. The van der Waals surface area contributed by atoms with Crippen LogP contribution in [0.15, 0.2) is 164 Å². The van der Waals surface area contributed by atoms with Gasteiger partial charge < -0.3 is 0 Å². The van der Waals surface area contributed by atoms with E-state index >= 15 is 0 Å². The number of carbonyl (C=O) groups is 2. The van der Waals surface area contributed by atoms with Gasteiger partial charge in [-0.1, -0.05) is 146 Å². The molecule has 2 aliphatic rings. The molecule has 6 nitrogen and oxygen atoms in total. The van der Waals surface area contributed by atoms with Gasteiger partial charge in [0.25, 0.3) is 0 Å².